The van der Waals surface area contributed by atoms with Crippen LogP contribution in [0.4, 0.5) is 4.39 Å². The van der Waals surface area contributed by atoms with Gasteiger partial charge in [-0.2, -0.15) is 0 Å². The highest BCUT2D eigenvalue weighted by atomic mass is 79.9. The first-order chi connectivity index (χ1) is 9.49. The minimum Gasteiger partial charge on any atom is -0.491 e. The van der Waals surface area contributed by atoms with Crippen molar-refractivity contribution in [1.82, 2.24) is 0 Å². The minimum atomic E-state index is -0.542. The smallest absolute Gasteiger partial charge is 0.197 e. The number of hydrogen-bond acceptors (Lipinski definition) is 2. The van der Waals surface area contributed by atoms with E-state index in [9.17, 15) is 9.18 Å². The van der Waals surface area contributed by atoms with Gasteiger partial charge in [0.1, 0.15) is 11.6 Å². The lowest BCUT2D eigenvalue weighted by Gasteiger charge is -2.11. The molecule has 20 heavy (non-hydrogen) atoms. The van der Waals surface area contributed by atoms with Gasteiger partial charge in [-0.3, -0.25) is 4.79 Å². The topological polar surface area (TPSA) is 26.3 Å². The van der Waals surface area contributed by atoms with E-state index in [-0.39, 0.29) is 17.5 Å². The van der Waals surface area contributed by atoms with Gasteiger partial charge in [0.25, 0.3) is 0 Å². The largest absolute Gasteiger partial charge is 0.491 e. The molecule has 104 valence electrons. The lowest BCUT2D eigenvalue weighted by molar-refractivity contribution is 0.103. The van der Waals surface area contributed by atoms with E-state index < -0.39 is 5.82 Å². The van der Waals surface area contributed by atoms with Crippen LogP contribution in [0.1, 0.15) is 29.8 Å². The number of ether oxygens (including phenoxy) is 1. The fourth-order valence-electron chi connectivity index (χ4n) is 1.84. The van der Waals surface area contributed by atoms with E-state index >= 15 is 0 Å². The predicted molar refractivity (Wildman–Crippen MR) is 79.7 cm³/mol. The van der Waals surface area contributed by atoms with E-state index in [4.69, 9.17) is 4.74 Å². The number of carbonyl (C=O) groups excluding carboxylic acids is 1. The zero-order chi connectivity index (χ0) is 14.7. The highest BCUT2D eigenvalue weighted by molar-refractivity contribution is 9.10. The molecule has 2 nitrogen and oxygen atoms in total. The number of hydrogen-bond donors (Lipinski definition) is 0. The van der Waals surface area contributed by atoms with Crippen molar-refractivity contribution in [3.8, 4) is 5.75 Å². The fraction of sp³-hybridized carbons (Fsp3) is 0.188. The van der Waals surface area contributed by atoms with E-state index in [2.05, 4.69) is 15.9 Å². The van der Waals surface area contributed by atoms with Crippen molar-refractivity contribution >= 4 is 21.7 Å². The Morgan fingerprint density at radius 2 is 1.90 bits per heavy atom. The predicted octanol–water partition coefficient (Wildman–Crippen LogP) is 4.61. The lowest BCUT2D eigenvalue weighted by Crippen LogP contribution is -2.08. The quantitative estimate of drug-likeness (QED) is 0.762. The molecule has 2 aromatic carbocycles. The molecule has 0 spiro atoms. The summed E-state index contributed by atoms with van der Waals surface area (Å²) in [7, 11) is 0. The highest BCUT2D eigenvalue weighted by Gasteiger charge is 2.17. The second kappa shape index (κ2) is 6.18. The number of carbonyl (C=O) groups is 1. The van der Waals surface area contributed by atoms with Gasteiger partial charge in [-0.05, 0) is 54.0 Å². The summed E-state index contributed by atoms with van der Waals surface area (Å²) in [5.74, 6) is -0.318. The second-order valence-electron chi connectivity index (χ2n) is 4.62. The normalized spacial score (nSPS) is 10.7. The number of benzene rings is 2. The molecular formula is C16H14BrFO2. The summed E-state index contributed by atoms with van der Waals surface area (Å²) in [6.07, 6.45) is 0.0144. The molecule has 4 heteroatoms. The van der Waals surface area contributed by atoms with Crippen molar-refractivity contribution in [2.45, 2.75) is 20.0 Å². The number of ketones is 1. The fourth-order valence-corrected chi connectivity index (χ4v) is 2.36. The average molecular weight is 337 g/mol. The van der Waals surface area contributed by atoms with Crippen molar-refractivity contribution in [2.75, 3.05) is 0 Å². The summed E-state index contributed by atoms with van der Waals surface area (Å²) in [6, 6.07) is 11.2. The van der Waals surface area contributed by atoms with Crippen molar-refractivity contribution in [2.24, 2.45) is 0 Å². The maximum atomic E-state index is 13.8. The van der Waals surface area contributed by atoms with Crippen LogP contribution in [0.3, 0.4) is 0 Å². The maximum Gasteiger partial charge on any atom is 0.197 e. The van der Waals surface area contributed by atoms with E-state index in [1.807, 2.05) is 13.8 Å². The van der Waals surface area contributed by atoms with Crippen LogP contribution < -0.4 is 4.74 Å². The first-order valence-corrected chi connectivity index (χ1v) is 7.03. The van der Waals surface area contributed by atoms with E-state index in [0.717, 1.165) is 0 Å². The van der Waals surface area contributed by atoms with Gasteiger partial charge < -0.3 is 4.74 Å². The molecule has 0 fully saturated rings. The van der Waals surface area contributed by atoms with Crippen molar-refractivity contribution < 1.29 is 13.9 Å². The maximum absolute atomic E-state index is 13.8. The van der Waals surface area contributed by atoms with Crippen LogP contribution in [0.2, 0.25) is 0 Å². The first kappa shape index (κ1) is 14.7. The molecule has 0 saturated carbocycles. The summed E-state index contributed by atoms with van der Waals surface area (Å²) >= 11 is 3.21. The number of rotatable bonds is 4. The second-order valence-corrected chi connectivity index (χ2v) is 5.47. The van der Waals surface area contributed by atoms with Crippen LogP contribution in [0.15, 0.2) is 46.9 Å². The standard InChI is InChI=1S/C16H14BrFO2/c1-10(2)20-12-6-3-5-11(9-12)16(19)15-13(17)7-4-8-14(15)18/h3-10H,1-2H3. The molecule has 0 heterocycles. The molecule has 2 rings (SSSR count). The molecular weight excluding hydrogens is 323 g/mol. The van der Waals surface area contributed by atoms with Gasteiger partial charge in [-0.1, -0.05) is 18.2 Å². The summed E-state index contributed by atoms with van der Waals surface area (Å²) in [5.41, 5.74) is 0.433. The van der Waals surface area contributed by atoms with Gasteiger partial charge >= 0.3 is 0 Å². The molecule has 0 saturated heterocycles. The van der Waals surface area contributed by atoms with Crippen LogP contribution in [-0.4, -0.2) is 11.9 Å². The van der Waals surface area contributed by atoms with Gasteiger partial charge in [-0.15, -0.1) is 0 Å². The molecule has 0 atom stereocenters. The Morgan fingerprint density at radius 3 is 2.55 bits per heavy atom. The molecule has 0 aliphatic rings. The third-order valence-corrected chi connectivity index (χ3v) is 3.32. The van der Waals surface area contributed by atoms with E-state index in [1.54, 1.807) is 36.4 Å². The first-order valence-electron chi connectivity index (χ1n) is 6.24. The minimum absolute atomic E-state index is 0.0144. The van der Waals surface area contributed by atoms with Crippen LogP contribution in [0.5, 0.6) is 5.75 Å². The summed E-state index contributed by atoms with van der Waals surface area (Å²) < 4.78 is 19.8. The van der Waals surface area contributed by atoms with Crippen LogP contribution in [-0.2, 0) is 0 Å². The van der Waals surface area contributed by atoms with Crippen molar-refractivity contribution in [1.29, 1.82) is 0 Å². The molecule has 0 amide bonds. The van der Waals surface area contributed by atoms with Crippen molar-refractivity contribution in [3.63, 3.8) is 0 Å². The summed E-state index contributed by atoms with van der Waals surface area (Å²) in [6.45, 7) is 3.81. The Morgan fingerprint density at radius 1 is 1.20 bits per heavy atom. The Bertz CT molecular complexity index is 618. The monoisotopic (exact) mass is 336 g/mol. The summed E-state index contributed by atoms with van der Waals surface area (Å²) in [5, 5.41) is 0. The highest BCUT2D eigenvalue weighted by Crippen LogP contribution is 2.24. The van der Waals surface area contributed by atoms with E-state index in [1.165, 1.54) is 6.07 Å². The third-order valence-electron chi connectivity index (χ3n) is 2.66. The van der Waals surface area contributed by atoms with Crippen LogP contribution in [0.25, 0.3) is 0 Å². The Labute approximate surface area is 125 Å². The number of halogens is 2. The van der Waals surface area contributed by atoms with Gasteiger partial charge in [0.15, 0.2) is 5.78 Å². The average Bonchev–Trinajstić information content (AvgIpc) is 2.38. The van der Waals surface area contributed by atoms with Gasteiger partial charge in [0.05, 0.1) is 11.7 Å². The van der Waals surface area contributed by atoms with Gasteiger partial charge in [0.2, 0.25) is 0 Å². The molecule has 2 aromatic rings. The molecule has 0 aromatic heterocycles. The van der Waals surface area contributed by atoms with Gasteiger partial charge in [0, 0.05) is 10.0 Å². The van der Waals surface area contributed by atoms with Crippen LogP contribution >= 0.6 is 15.9 Å². The molecule has 0 bridgehead atoms. The van der Waals surface area contributed by atoms with Crippen molar-refractivity contribution in [3.05, 3.63) is 63.9 Å². The Kier molecular flexibility index (Phi) is 4.55. The SMILES string of the molecule is CC(C)Oc1cccc(C(=O)c2c(F)cccc2Br)c1. The molecule has 0 radical (unpaired) electrons. The van der Waals surface area contributed by atoms with Crippen LogP contribution in [0, 0.1) is 5.82 Å². The molecule has 0 aliphatic carbocycles. The Hall–Kier alpha value is -1.68. The molecule has 0 aliphatic heterocycles. The van der Waals surface area contributed by atoms with E-state index in [0.29, 0.717) is 15.8 Å². The molecule has 0 N–H and O–H groups in total. The lowest BCUT2D eigenvalue weighted by atomic mass is 10.0. The summed E-state index contributed by atoms with van der Waals surface area (Å²) in [4.78, 5) is 12.4. The third kappa shape index (κ3) is 3.25. The van der Waals surface area contributed by atoms with Gasteiger partial charge in [-0.25, -0.2) is 4.39 Å². The zero-order valence-corrected chi connectivity index (χ0v) is 12.8. The Balaban J connectivity index is 2.39. The zero-order valence-electron chi connectivity index (χ0n) is 11.2. The molecule has 0 unspecified atom stereocenters.